The third-order valence-corrected chi connectivity index (χ3v) is 9.13. The molecule has 0 unspecified atom stereocenters. The van der Waals surface area contributed by atoms with Gasteiger partial charge in [0.15, 0.2) is 23.3 Å². The molecule has 0 N–H and O–H groups in total. The van der Waals surface area contributed by atoms with Crippen LogP contribution in [0.2, 0.25) is 0 Å². The quantitative estimate of drug-likeness (QED) is 0.190. The second kappa shape index (κ2) is 12.1. The Bertz CT molecular complexity index is 2380. The lowest BCUT2D eigenvalue weighted by Gasteiger charge is -2.24. The molecule has 0 fully saturated rings. The highest BCUT2D eigenvalue weighted by Crippen LogP contribution is 2.49. The van der Waals surface area contributed by atoms with Crippen molar-refractivity contribution in [2.24, 2.45) is 0 Å². The summed E-state index contributed by atoms with van der Waals surface area (Å²) in [6.45, 7) is 3.84. The van der Waals surface area contributed by atoms with Crippen LogP contribution in [0, 0.1) is 13.8 Å². The van der Waals surface area contributed by atoms with Crippen molar-refractivity contribution < 1.29 is 0 Å². The Hall–Kier alpha value is -6.66. The average Bonchev–Trinajstić information content (AvgIpc) is 3.17. The highest BCUT2D eigenvalue weighted by atomic mass is 15.0. The number of hydrogen-bond donors (Lipinski definition) is 0. The van der Waals surface area contributed by atoms with Gasteiger partial charge in [0, 0.05) is 22.3 Å². The molecule has 9 rings (SSSR count). The molecule has 0 saturated heterocycles. The number of nitrogens with zero attached hydrogens (tertiary/aromatic N) is 6. The number of rotatable bonds is 4. The third kappa shape index (κ3) is 5.24. The van der Waals surface area contributed by atoms with Gasteiger partial charge in [-0.05, 0) is 70.5 Å². The van der Waals surface area contributed by atoms with Crippen molar-refractivity contribution >= 4 is 0 Å². The van der Waals surface area contributed by atoms with Gasteiger partial charge in [0.25, 0.3) is 0 Å². The van der Waals surface area contributed by atoms with E-state index in [1.165, 1.54) is 0 Å². The molecule has 0 amide bonds. The van der Waals surface area contributed by atoms with Crippen molar-refractivity contribution in [1.29, 1.82) is 0 Å². The topological polar surface area (TPSA) is 77.3 Å². The van der Waals surface area contributed by atoms with Gasteiger partial charge in [0.05, 0.1) is 0 Å². The zero-order valence-corrected chi connectivity index (χ0v) is 27.5. The van der Waals surface area contributed by atoms with Gasteiger partial charge < -0.3 is 0 Å². The van der Waals surface area contributed by atoms with Gasteiger partial charge in [-0.1, -0.05) is 133 Å². The second-order valence-corrected chi connectivity index (χ2v) is 12.4. The Morgan fingerprint density at radius 1 is 0.260 bits per heavy atom. The van der Waals surface area contributed by atoms with Gasteiger partial charge in [-0.2, -0.15) is 0 Å². The van der Waals surface area contributed by atoms with E-state index in [9.17, 15) is 0 Å². The molecule has 0 atom stereocenters. The first-order valence-electron chi connectivity index (χ1n) is 16.6. The van der Waals surface area contributed by atoms with E-state index >= 15 is 0 Å². The molecule has 8 aromatic rings. The van der Waals surface area contributed by atoms with Crippen molar-refractivity contribution in [1.82, 2.24) is 29.9 Å². The van der Waals surface area contributed by atoms with Gasteiger partial charge >= 0.3 is 0 Å². The summed E-state index contributed by atoms with van der Waals surface area (Å²) < 4.78 is 0. The van der Waals surface area contributed by atoms with Crippen LogP contribution in [0.15, 0.2) is 146 Å². The highest BCUT2D eigenvalue weighted by molar-refractivity contribution is 6.04. The molecule has 0 radical (unpaired) electrons. The van der Waals surface area contributed by atoms with Crippen molar-refractivity contribution in [3.8, 4) is 90.1 Å². The molecule has 0 saturated carbocycles. The molecule has 2 aromatic heterocycles. The fourth-order valence-electron chi connectivity index (χ4n) is 6.84. The summed E-state index contributed by atoms with van der Waals surface area (Å²) in [6, 6.07) is 50.5. The normalized spacial score (nSPS) is 11.4. The van der Waals surface area contributed by atoms with E-state index in [0.717, 1.165) is 66.8 Å². The summed E-state index contributed by atoms with van der Waals surface area (Å²) in [6.07, 6.45) is 0. The molecule has 6 heteroatoms. The van der Waals surface area contributed by atoms with Crippen molar-refractivity contribution in [2.45, 2.75) is 13.8 Å². The average molecular weight is 643 g/mol. The van der Waals surface area contributed by atoms with Crippen LogP contribution in [0.4, 0.5) is 0 Å². The van der Waals surface area contributed by atoms with Crippen LogP contribution in [-0.2, 0) is 0 Å². The molecule has 0 spiro atoms. The minimum absolute atomic E-state index is 0.647. The molecule has 236 valence electrons. The van der Waals surface area contributed by atoms with E-state index in [2.05, 4.69) is 94.9 Å². The molecule has 50 heavy (non-hydrogen) atoms. The smallest absolute Gasteiger partial charge is 0.163 e. The predicted octanol–water partition coefficient (Wildman–Crippen LogP) is 10.3. The Morgan fingerprint density at radius 2 is 0.560 bits per heavy atom. The second-order valence-electron chi connectivity index (χ2n) is 12.4. The molecule has 6 aromatic carbocycles. The van der Waals surface area contributed by atoms with Crippen molar-refractivity contribution in [3.05, 3.63) is 157 Å². The van der Waals surface area contributed by atoms with E-state index in [4.69, 9.17) is 19.9 Å². The Balaban J connectivity index is 1.25. The summed E-state index contributed by atoms with van der Waals surface area (Å²) >= 11 is 0. The van der Waals surface area contributed by atoms with E-state index in [-0.39, 0.29) is 0 Å². The van der Waals surface area contributed by atoms with Gasteiger partial charge in [-0.3, -0.25) is 0 Å². The third-order valence-electron chi connectivity index (χ3n) is 9.13. The number of fused-ring (bicyclic) bond motifs is 8. The van der Waals surface area contributed by atoms with Crippen LogP contribution >= 0.6 is 0 Å². The van der Waals surface area contributed by atoms with Gasteiger partial charge in [0.1, 0.15) is 11.6 Å². The Morgan fingerprint density at radius 3 is 0.940 bits per heavy atom. The van der Waals surface area contributed by atoms with Crippen LogP contribution in [0.1, 0.15) is 11.6 Å². The minimum atomic E-state index is 0.647. The highest BCUT2D eigenvalue weighted by Gasteiger charge is 2.24. The first-order chi connectivity index (χ1) is 24.6. The van der Waals surface area contributed by atoms with Crippen molar-refractivity contribution in [2.75, 3.05) is 0 Å². The lowest BCUT2D eigenvalue weighted by Crippen LogP contribution is -2.02. The maximum atomic E-state index is 4.94. The SMILES string of the molecule is Cc1nc(-c2ccccc2)nc(-c2ccc3c(c2)-c2ccccc2-c2ccccc2-c2cc(-c4nc(C)nc(-c5ccccc5)n4)ccc2-3)n1. The standard InChI is InChI=1S/C44H30N6/c1-27-45-41(29-13-5-3-6-14-29)49-43(47-27)31-21-23-37-38-24-22-32(44-48-28(2)46-42(50-44)30-15-7-4-8-16-30)26-40(38)36-20-12-10-18-34(36)33-17-9-11-19-35(33)39(37)25-31/h3-26H,1-2H3. The van der Waals surface area contributed by atoms with Gasteiger partial charge in [-0.25, -0.2) is 29.9 Å². The van der Waals surface area contributed by atoms with Gasteiger partial charge in [-0.15, -0.1) is 0 Å². The molecule has 0 bridgehead atoms. The summed E-state index contributed by atoms with van der Waals surface area (Å²) in [4.78, 5) is 28.8. The van der Waals surface area contributed by atoms with Crippen LogP contribution in [0.5, 0.6) is 0 Å². The number of benzene rings is 6. The maximum Gasteiger partial charge on any atom is 0.163 e. The van der Waals surface area contributed by atoms with Crippen LogP contribution in [0.25, 0.3) is 90.1 Å². The van der Waals surface area contributed by atoms with Crippen LogP contribution < -0.4 is 0 Å². The molecule has 0 aliphatic heterocycles. The van der Waals surface area contributed by atoms with E-state index < -0.39 is 0 Å². The minimum Gasteiger partial charge on any atom is -0.213 e. The van der Waals surface area contributed by atoms with Crippen molar-refractivity contribution in [3.63, 3.8) is 0 Å². The molecule has 1 aliphatic rings. The first kappa shape index (κ1) is 29.5. The fourth-order valence-corrected chi connectivity index (χ4v) is 6.84. The molecule has 2 heterocycles. The molecule has 1 aliphatic carbocycles. The zero-order chi connectivity index (χ0) is 33.6. The Kier molecular flexibility index (Phi) is 7.13. The summed E-state index contributed by atoms with van der Waals surface area (Å²) in [5.41, 5.74) is 12.9. The lowest BCUT2D eigenvalue weighted by molar-refractivity contribution is 0.991. The van der Waals surface area contributed by atoms with E-state index in [1.54, 1.807) is 0 Å². The fraction of sp³-hybridized carbons (Fsp3) is 0.0455. The summed E-state index contributed by atoms with van der Waals surface area (Å²) in [7, 11) is 0. The Labute approximate surface area is 290 Å². The number of hydrogen-bond acceptors (Lipinski definition) is 6. The van der Waals surface area contributed by atoms with Crippen LogP contribution in [0.3, 0.4) is 0 Å². The van der Waals surface area contributed by atoms with E-state index in [1.807, 2.05) is 74.5 Å². The number of aromatic nitrogens is 6. The van der Waals surface area contributed by atoms with Crippen LogP contribution in [-0.4, -0.2) is 29.9 Å². The molecule has 6 nitrogen and oxygen atoms in total. The molecular weight excluding hydrogens is 613 g/mol. The molecular formula is C44H30N6. The first-order valence-corrected chi connectivity index (χ1v) is 16.6. The summed E-state index contributed by atoms with van der Waals surface area (Å²) in [5, 5.41) is 0. The predicted molar refractivity (Wildman–Crippen MR) is 200 cm³/mol. The maximum absolute atomic E-state index is 4.94. The van der Waals surface area contributed by atoms with Gasteiger partial charge in [0.2, 0.25) is 0 Å². The largest absolute Gasteiger partial charge is 0.213 e. The monoisotopic (exact) mass is 642 g/mol. The zero-order valence-electron chi connectivity index (χ0n) is 27.5. The van der Waals surface area contributed by atoms with E-state index in [0.29, 0.717) is 34.9 Å². The summed E-state index contributed by atoms with van der Waals surface area (Å²) in [5.74, 6) is 3.98. The number of aryl methyl sites for hydroxylation is 2. The lowest BCUT2D eigenvalue weighted by atomic mass is 9.80.